The summed E-state index contributed by atoms with van der Waals surface area (Å²) in [6, 6.07) is 7.97. The summed E-state index contributed by atoms with van der Waals surface area (Å²) >= 11 is 0. The van der Waals surface area contributed by atoms with Crippen molar-refractivity contribution in [1.82, 2.24) is 19.7 Å². The van der Waals surface area contributed by atoms with Gasteiger partial charge in [0.1, 0.15) is 12.0 Å². The van der Waals surface area contributed by atoms with Crippen LogP contribution in [0.15, 0.2) is 40.0 Å². The normalized spacial score (nSPS) is 15.8. The van der Waals surface area contributed by atoms with Crippen LogP contribution in [0, 0.1) is 13.8 Å². The van der Waals surface area contributed by atoms with Gasteiger partial charge < -0.3 is 14.7 Å². The molecule has 0 atom stereocenters. The minimum Gasteiger partial charge on any atom is -0.364 e. The average Bonchev–Trinajstić information content (AvgIpc) is 3.16. The largest absolute Gasteiger partial charge is 0.364 e. The number of aryl methyl sites for hydroxylation is 2. The van der Waals surface area contributed by atoms with Crippen molar-refractivity contribution in [3.8, 4) is 0 Å². The van der Waals surface area contributed by atoms with Gasteiger partial charge in [0, 0.05) is 45.8 Å². The van der Waals surface area contributed by atoms with Crippen LogP contribution in [0.25, 0.3) is 0 Å². The Hall–Kier alpha value is -1.66. The number of hydrogen-bond donors (Lipinski definition) is 1. The predicted molar refractivity (Wildman–Crippen MR) is 124 cm³/mol. The maximum atomic E-state index is 12.6. The summed E-state index contributed by atoms with van der Waals surface area (Å²) in [5.41, 5.74) is 4.13. The Labute approximate surface area is 189 Å². The van der Waals surface area contributed by atoms with Gasteiger partial charge in [-0.2, -0.15) is 4.31 Å². The number of sulfonamides is 1. The maximum Gasteiger partial charge on any atom is 0.220 e. The monoisotopic (exact) mass is 533 g/mol. The smallest absolute Gasteiger partial charge is 0.220 e. The topological polar surface area (TPSA) is 91.0 Å². The van der Waals surface area contributed by atoms with Gasteiger partial charge in [-0.25, -0.2) is 8.42 Å². The number of aliphatic imine (C=N–C) groups is 1. The average molecular weight is 533 g/mol. The summed E-state index contributed by atoms with van der Waals surface area (Å²) in [5, 5.41) is 7.09. The molecule has 160 valence electrons. The second kappa shape index (κ2) is 10.4. The highest BCUT2D eigenvalue weighted by Crippen LogP contribution is 2.14. The van der Waals surface area contributed by atoms with Crippen molar-refractivity contribution in [3.63, 3.8) is 0 Å². The Morgan fingerprint density at radius 2 is 1.93 bits per heavy atom. The first-order chi connectivity index (χ1) is 13.4. The number of nitrogens with one attached hydrogen (secondary N) is 1. The molecule has 1 N–H and O–H groups in total. The second-order valence-electron chi connectivity index (χ2n) is 6.96. The van der Waals surface area contributed by atoms with Gasteiger partial charge >= 0.3 is 0 Å². The first kappa shape index (κ1) is 23.6. The highest BCUT2D eigenvalue weighted by atomic mass is 127. The number of hydrogen-bond acceptors (Lipinski definition) is 5. The molecule has 29 heavy (non-hydrogen) atoms. The highest BCUT2D eigenvalue weighted by Gasteiger charge is 2.28. The third-order valence-electron chi connectivity index (χ3n) is 4.90. The van der Waals surface area contributed by atoms with Crippen molar-refractivity contribution in [2.45, 2.75) is 26.1 Å². The van der Waals surface area contributed by atoms with Gasteiger partial charge in [-0.3, -0.25) is 4.99 Å². The minimum absolute atomic E-state index is 0. The number of guanidine groups is 1. The molecule has 2 aromatic rings. The molecule has 0 aliphatic carbocycles. The van der Waals surface area contributed by atoms with E-state index in [1.165, 1.54) is 27.3 Å². The molecule has 1 saturated heterocycles. The van der Waals surface area contributed by atoms with E-state index >= 15 is 0 Å². The number of benzene rings is 1. The first-order valence-electron chi connectivity index (χ1n) is 9.28. The van der Waals surface area contributed by atoms with E-state index in [4.69, 9.17) is 4.52 Å². The van der Waals surface area contributed by atoms with E-state index in [-0.39, 0.29) is 29.7 Å². The number of piperazine rings is 1. The third-order valence-corrected chi connectivity index (χ3v) is 6.71. The summed E-state index contributed by atoms with van der Waals surface area (Å²) in [7, 11) is -1.66. The quantitative estimate of drug-likeness (QED) is 0.360. The molecule has 8 nitrogen and oxygen atoms in total. The van der Waals surface area contributed by atoms with Gasteiger partial charge in [-0.15, -0.1) is 24.0 Å². The standard InChI is InChI=1S/C19H27N5O3S.HI/c1-15-4-5-17(16(2)12-15)13-21-19(20-3)23-7-9-24(10-8-23)28(25,26)14-18-6-11-27-22-18;/h4-6,11-12H,7-10,13-14H2,1-3H3,(H,20,21);1H. The van der Waals surface area contributed by atoms with Gasteiger partial charge in [-0.05, 0) is 25.0 Å². The number of nitrogens with zero attached hydrogens (tertiary/aromatic N) is 4. The molecule has 1 aromatic heterocycles. The summed E-state index contributed by atoms with van der Waals surface area (Å²) in [6.07, 6.45) is 1.38. The molecule has 0 saturated carbocycles. The van der Waals surface area contributed by atoms with Crippen LogP contribution in [-0.2, 0) is 22.3 Å². The summed E-state index contributed by atoms with van der Waals surface area (Å²) < 4.78 is 31.3. The molecule has 0 bridgehead atoms. The lowest BCUT2D eigenvalue weighted by molar-refractivity contribution is 0.259. The third kappa shape index (κ3) is 6.16. The zero-order chi connectivity index (χ0) is 20.1. The molecule has 10 heteroatoms. The first-order valence-corrected chi connectivity index (χ1v) is 10.9. The molecule has 2 heterocycles. The van der Waals surface area contributed by atoms with Gasteiger partial charge in [0.2, 0.25) is 10.0 Å². The van der Waals surface area contributed by atoms with Crippen molar-refractivity contribution in [3.05, 3.63) is 52.9 Å². The Bertz CT molecular complexity index is 923. The lowest BCUT2D eigenvalue weighted by Crippen LogP contribution is -2.53. The Morgan fingerprint density at radius 3 is 2.52 bits per heavy atom. The molecule has 0 spiro atoms. The van der Waals surface area contributed by atoms with E-state index in [1.54, 1.807) is 13.1 Å². The lowest BCUT2D eigenvalue weighted by Gasteiger charge is -2.35. The highest BCUT2D eigenvalue weighted by molar-refractivity contribution is 14.0. The zero-order valence-electron chi connectivity index (χ0n) is 17.0. The molecular weight excluding hydrogens is 505 g/mol. The van der Waals surface area contributed by atoms with E-state index in [2.05, 4.69) is 52.4 Å². The van der Waals surface area contributed by atoms with Gasteiger partial charge in [0.25, 0.3) is 0 Å². The van der Waals surface area contributed by atoms with Crippen LogP contribution in [0.1, 0.15) is 22.4 Å². The molecular formula is C19H28IN5O3S. The van der Waals surface area contributed by atoms with E-state index in [9.17, 15) is 8.42 Å². The Balaban J connectivity index is 0.00000300. The van der Waals surface area contributed by atoms with Crippen molar-refractivity contribution in [2.75, 3.05) is 33.2 Å². The van der Waals surface area contributed by atoms with Crippen LogP contribution in [0.3, 0.4) is 0 Å². The van der Waals surface area contributed by atoms with E-state index in [1.807, 2.05) is 0 Å². The van der Waals surface area contributed by atoms with Crippen molar-refractivity contribution < 1.29 is 12.9 Å². The Morgan fingerprint density at radius 1 is 1.21 bits per heavy atom. The molecule has 1 fully saturated rings. The summed E-state index contributed by atoms with van der Waals surface area (Å²) in [5.74, 6) is 0.650. The van der Waals surface area contributed by atoms with Gasteiger partial charge in [0.05, 0.1) is 5.69 Å². The minimum atomic E-state index is -3.40. The van der Waals surface area contributed by atoms with Crippen LogP contribution in [0.5, 0.6) is 0 Å². The van der Waals surface area contributed by atoms with Crippen molar-refractivity contribution >= 4 is 40.0 Å². The van der Waals surface area contributed by atoms with Crippen molar-refractivity contribution in [1.29, 1.82) is 0 Å². The zero-order valence-corrected chi connectivity index (χ0v) is 20.1. The number of halogens is 1. The maximum absolute atomic E-state index is 12.6. The number of rotatable bonds is 5. The summed E-state index contributed by atoms with van der Waals surface area (Å²) in [6.45, 7) is 6.89. The van der Waals surface area contributed by atoms with Crippen LogP contribution in [-0.4, -0.2) is 62.0 Å². The lowest BCUT2D eigenvalue weighted by atomic mass is 10.1. The number of aromatic nitrogens is 1. The SMILES string of the molecule is CN=C(NCc1ccc(C)cc1C)N1CCN(S(=O)(=O)Cc2ccon2)CC1.I. The summed E-state index contributed by atoms with van der Waals surface area (Å²) in [4.78, 5) is 6.45. The van der Waals surface area contributed by atoms with E-state index in [0.29, 0.717) is 38.4 Å². The van der Waals surface area contributed by atoms with E-state index < -0.39 is 10.0 Å². The Kier molecular flexibility index (Phi) is 8.46. The van der Waals surface area contributed by atoms with Crippen LogP contribution >= 0.6 is 24.0 Å². The fraction of sp³-hybridized carbons (Fsp3) is 0.474. The molecule has 1 aliphatic rings. The fourth-order valence-corrected chi connectivity index (χ4v) is 4.74. The molecule has 1 aliphatic heterocycles. The van der Waals surface area contributed by atoms with Crippen LogP contribution in [0.2, 0.25) is 0 Å². The van der Waals surface area contributed by atoms with Crippen LogP contribution < -0.4 is 5.32 Å². The van der Waals surface area contributed by atoms with E-state index in [0.717, 1.165) is 5.96 Å². The second-order valence-corrected chi connectivity index (χ2v) is 8.93. The van der Waals surface area contributed by atoms with Gasteiger partial charge in [0.15, 0.2) is 5.96 Å². The molecule has 0 radical (unpaired) electrons. The van der Waals surface area contributed by atoms with Crippen LogP contribution in [0.4, 0.5) is 0 Å². The predicted octanol–water partition coefficient (Wildman–Crippen LogP) is 2.13. The molecule has 0 amide bonds. The molecule has 3 rings (SSSR count). The molecule has 0 unspecified atom stereocenters. The van der Waals surface area contributed by atoms with Crippen molar-refractivity contribution in [2.24, 2.45) is 4.99 Å². The molecule has 1 aromatic carbocycles. The fourth-order valence-electron chi connectivity index (χ4n) is 3.32. The van der Waals surface area contributed by atoms with Gasteiger partial charge in [-0.1, -0.05) is 28.9 Å².